The van der Waals surface area contributed by atoms with E-state index in [1.807, 2.05) is 13.0 Å². The predicted octanol–water partition coefficient (Wildman–Crippen LogP) is 6.55. The van der Waals surface area contributed by atoms with Crippen LogP contribution in [0.5, 0.6) is 5.75 Å². The molecule has 0 saturated carbocycles. The van der Waals surface area contributed by atoms with E-state index in [0.29, 0.717) is 44.4 Å². The maximum atomic E-state index is 12.9. The second-order valence-corrected chi connectivity index (χ2v) is 7.94. The molecule has 0 radical (unpaired) electrons. The minimum absolute atomic E-state index is 0.0140. The van der Waals surface area contributed by atoms with E-state index in [2.05, 4.69) is 15.4 Å². The minimum atomic E-state index is -0.462. The Balaban J connectivity index is 1.71. The lowest BCUT2D eigenvalue weighted by Gasteiger charge is -2.07. The third kappa shape index (κ3) is 4.88. The highest BCUT2D eigenvalue weighted by Gasteiger charge is 2.20. The van der Waals surface area contributed by atoms with Crippen LogP contribution in [0.2, 0.25) is 15.1 Å². The fraction of sp³-hybridized carbons (Fsp3) is 0.0870. The van der Waals surface area contributed by atoms with Crippen molar-refractivity contribution in [1.29, 1.82) is 0 Å². The maximum absolute atomic E-state index is 12.9. The van der Waals surface area contributed by atoms with Gasteiger partial charge in [-0.2, -0.15) is 0 Å². The third-order valence-corrected chi connectivity index (χ3v) is 5.44. The lowest BCUT2D eigenvalue weighted by Crippen LogP contribution is -2.14. The topological polar surface area (TPSA) is 69.0 Å². The van der Waals surface area contributed by atoms with Gasteiger partial charge in [0.1, 0.15) is 5.75 Å². The molecule has 1 amide bonds. The predicted molar refractivity (Wildman–Crippen MR) is 127 cm³/mol. The summed E-state index contributed by atoms with van der Waals surface area (Å²) in [5.41, 5.74) is 1.88. The van der Waals surface area contributed by atoms with Crippen LogP contribution < -0.4 is 10.1 Å². The minimum Gasteiger partial charge on any atom is -0.494 e. The molecule has 0 fully saturated rings. The van der Waals surface area contributed by atoms with Gasteiger partial charge in [0, 0.05) is 16.3 Å². The van der Waals surface area contributed by atoms with Gasteiger partial charge < -0.3 is 10.1 Å². The molecule has 6 nitrogen and oxygen atoms in total. The van der Waals surface area contributed by atoms with Crippen LogP contribution in [-0.2, 0) is 0 Å². The Labute approximate surface area is 199 Å². The molecule has 1 heterocycles. The third-order valence-electron chi connectivity index (χ3n) is 4.46. The van der Waals surface area contributed by atoms with Crippen LogP contribution in [0.3, 0.4) is 0 Å². The maximum Gasteiger partial charge on any atom is 0.295 e. The first-order valence-electron chi connectivity index (χ1n) is 9.67. The van der Waals surface area contributed by atoms with Crippen LogP contribution >= 0.6 is 34.8 Å². The lowest BCUT2D eigenvalue weighted by atomic mass is 10.2. The molecule has 0 spiro atoms. The van der Waals surface area contributed by atoms with E-state index in [4.69, 9.17) is 39.5 Å². The Morgan fingerprint density at radius 1 is 1.00 bits per heavy atom. The van der Waals surface area contributed by atoms with Crippen molar-refractivity contribution in [3.05, 3.63) is 87.6 Å². The van der Waals surface area contributed by atoms with Crippen LogP contribution in [0, 0.1) is 0 Å². The number of hydrogen-bond donors (Lipinski definition) is 1. The van der Waals surface area contributed by atoms with Crippen molar-refractivity contribution in [2.75, 3.05) is 11.9 Å². The summed E-state index contributed by atoms with van der Waals surface area (Å²) in [6, 6.07) is 19.2. The number of amides is 1. The van der Waals surface area contributed by atoms with Gasteiger partial charge in [-0.1, -0.05) is 46.9 Å². The molecule has 0 aliphatic carbocycles. The summed E-state index contributed by atoms with van der Waals surface area (Å²) in [6.07, 6.45) is 0. The molecule has 0 saturated heterocycles. The fourth-order valence-electron chi connectivity index (χ4n) is 3.01. The van der Waals surface area contributed by atoms with Crippen LogP contribution in [0.1, 0.15) is 17.5 Å². The Hall–Kier alpha value is -3.06. The zero-order valence-electron chi connectivity index (χ0n) is 16.8. The standard InChI is InChI=1S/C23H17Cl3N4O2/c1-2-32-18-9-6-16(7-10-18)27-23(31)21-28-22(14-4-3-5-15(24)12-14)30(29-21)17-8-11-19(25)20(26)13-17/h3-13H,2H2,1H3,(H,27,31). The number of rotatable bonds is 6. The summed E-state index contributed by atoms with van der Waals surface area (Å²) in [6.45, 7) is 2.47. The number of anilines is 1. The number of nitrogens with one attached hydrogen (secondary N) is 1. The van der Waals surface area contributed by atoms with Crippen molar-refractivity contribution in [2.24, 2.45) is 0 Å². The number of ether oxygens (including phenoxy) is 1. The molecule has 0 bridgehead atoms. The zero-order valence-corrected chi connectivity index (χ0v) is 19.1. The van der Waals surface area contributed by atoms with E-state index in [1.165, 1.54) is 4.68 Å². The number of carbonyl (C=O) groups is 1. The summed E-state index contributed by atoms with van der Waals surface area (Å²) >= 11 is 18.4. The molecule has 0 atom stereocenters. The van der Waals surface area contributed by atoms with Gasteiger partial charge >= 0.3 is 0 Å². The summed E-state index contributed by atoms with van der Waals surface area (Å²) in [7, 11) is 0. The SMILES string of the molecule is CCOc1ccc(NC(=O)c2nc(-c3cccc(Cl)c3)n(-c3ccc(Cl)c(Cl)c3)n2)cc1. The van der Waals surface area contributed by atoms with Gasteiger partial charge in [0.2, 0.25) is 5.82 Å². The number of carbonyl (C=O) groups excluding carboxylic acids is 1. The quantitative estimate of drug-likeness (QED) is 0.335. The smallest absolute Gasteiger partial charge is 0.295 e. The van der Waals surface area contributed by atoms with Gasteiger partial charge in [-0.3, -0.25) is 4.79 Å². The van der Waals surface area contributed by atoms with Gasteiger partial charge in [-0.15, -0.1) is 5.10 Å². The second kappa shape index (κ2) is 9.61. The molecule has 9 heteroatoms. The molecule has 1 N–H and O–H groups in total. The van der Waals surface area contributed by atoms with Crippen molar-refractivity contribution in [3.63, 3.8) is 0 Å². The average molecular weight is 488 g/mol. The lowest BCUT2D eigenvalue weighted by molar-refractivity contribution is 0.101. The van der Waals surface area contributed by atoms with E-state index in [-0.39, 0.29) is 5.82 Å². The Kier molecular flexibility index (Phi) is 6.65. The molecular weight excluding hydrogens is 471 g/mol. The van der Waals surface area contributed by atoms with Crippen LogP contribution in [0.15, 0.2) is 66.7 Å². The largest absolute Gasteiger partial charge is 0.494 e. The van der Waals surface area contributed by atoms with Gasteiger partial charge in [-0.05, 0) is 61.5 Å². The van der Waals surface area contributed by atoms with E-state index >= 15 is 0 Å². The molecule has 0 unspecified atom stereocenters. The zero-order chi connectivity index (χ0) is 22.7. The van der Waals surface area contributed by atoms with Gasteiger partial charge in [0.15, 0.2) is 5.82 Å². The number of nitrogens with zero attached hydrogens (tertiary/aromatic N) is 3. The highest BCUT2D eigenvalue weighted by molar-refractivity contribution is 6.42. The summed E-state index contributed by atoms with van der Waals surface area (Å²) in [5.74, 6) is 0.676. The number of halogens is 3. The molecular formula is C23H17Cl3N4O2. The molecule has 0 aliphatic heterocycles. The molecule has 0 aliphatic rings. The monoisotopic (exact) mass is 486 g/mol. The van der Waals surface area contributed by atoms with Crippen LogP contribution in [0.4, 0.5) is 5.69 Å². The number of benzene rings is 3. The normalized spacial score (nSPS) is 10.8. The molecule has 32 heavy (non-hydrogen) atoms. The molecule has 4 rings (SSSR count). The molecule has 1 aromatic heterocycles. The van der Waals surface area contributed by atoms with E-state index in [9.17, 15) is 4.79 Å². The van der Waals surface area contributed by atoms with Crippen molar-refractivity contribution in [2.45, 2.75) is 6.92 Å². The van der Waals surface area contributed by atoms with Crippen LogP contribution in [0.25, 0.3) is 17.1 Å². The van der Waals surface area contributed by atoms with Crippen molar-refractivity contribution in [3.8, 4) is 22.8 Å². The van der Waals surface area contributed by atoms with E-state index in [0.717, 1.165) is 5.75 Å². The Morgan fingerprint density at radius 3 is 2.47 bits per heavy atom. The first-order valence-corrected chi connectivity index (χ1v) is 10.8. The Bertz CT molecular complexity index is 1270. The Morgan fingerprint density at radius 2 is 1.78 bits per heavy atom. The summed E-state index contributed by atoms with van der Waals surface area (Å²) < 4.78 is 6.95. The van der Waals surface area contributed by atoms with Crippen molar-refractivity contribution >= 4 is 46.4 Å². The molecule has 4 aromatic rings. The highest BCUT2D eigenvalue weighted by atomic mass is 35.5. The molecule has 162 valence electrons. The van der Waals surface area contributed by atoms with Crippen LogP contribution in [-0.4, -0.2) is 27.3 Å². The van der Waals surface area contributed by atoms with Gasteiger partial charge in [0.25, 0.3) is 5.91 Å². The molecule has 3 aromatic carbocycles. The summed E-state index contributed by atoms with van der Waals surface area (Å²) in [5, 5.41) is 8.52. The fourth-order valence-corrected chi connectivity index (χ4v) is 3.49. The first-order chi connectivity index (χ1) is 15.4. The second-order valence-electron chi connectivity index (χ2n) is 6.69. The van der Waals surface area contributed by atoms with E-state index < -0.39 is 5.91 Å². The number of hydrogen-bond acceptors (Lipinski definition) is 4. The van der Waals surface area contributed by atoms with Crippen molar-refractivity contribution in [1.82, 2.24) is 14.8 Å². The van der Waals surface area contributed by atoms with Gasteiger partial charge in [0.05, 0.1) is 22.3 Å². The summed E-state index contributed by atoms with van der Waals surface area (Å²) in [4.78, 5) is 17.4. The van der Waals surface area contributed by atoms with E-state index in [1.54, 1.807) is 60.7 Å². The first kappa shape index (κ1) is 22.1. The highest BCUT2D eigenvalue weighted by Crippen LogP contribution is 2.28. The van der Waals surface area contributed by atoms with Gasteiger partial charge in [-0.25, -0.2) is 9.67 Å². The van der Waals surface area contributed by atoms with Crippen molar-refractivity contribution < 1.29 is 9.53 Å². The average Bonchev–Trinajstić information content (AvgIpc) is 3.23. The number of aromatic nitrogens is 3.